The van der Waals surface area contributed by atoms with Gasteiger partial charge in [0.15, 0.2) is 0 Å². The van der Waals surface area contributed by atoms with Crippen molar-refractivity contribution in [1.82, 2.24) is 0 Å². The Bertz CT molecular complexity index is 743. The monoisotopic (exact) mass is 448 g/mol. The van der Waals surface area contributed by atoms with Gasteiger partial charge in [-0.2, -0.15) is 0 Å². The molecule has 0 spiro atoms. The molecule has 0 amide bonds. The molecule has 1 fully saturated rings. The summed E-state index contributed by atoms with van der Waals surface area (Å²) in [5.74, 6) is -0.0347. The Morgan fingerprint density at radius 2 is 2.00 bits per heavy atom. The maximum atomic E-state index is 13.2. The fourth-order valence-corrected chi connectivity index (χ4v) is 5.66. The number of ether oxygens (including phenoxy) is 2. The summed E-state index contributed by atoms with van der Waals surface area (Å²) in [6, 6.07) is 0. The number of aliphatic hydroxyl groups is 2. The van der Waals surface area contributed by atoms with Crippen LogP contribution in [0.2, 0.25) is 0 Å². The van der Waals surface area contributed by atoms with Gasteiger partial charge in [0.2, 0.25) is 0 Å². The third-order valence-corrected chi connectivity index (χ3v) is 7.76. The fraction of sp³-hybridized carbons (Fsp3) is 0.769. The molecule has 0 saturated carbocycles. The van der Waals surface area contributed by atoms with Gasteiger partial charge in [0.1, 0.15) is 12.2 Å². The van der Waals surface area contributed by atoms with Gasteiger partial charge in [-0.1, -0.05) is 45.4 Å². The van der Waals surface area contributed by atoms with Crippen molar-refractivity contribution < 1.29 is 29.3 Å². The first-order valence-corrected chi connectivity index (χ1v) is 12.3. The van der Waals surface area contributed by atoms with Crippen molar-refractivity contribution in [3.63, 3.8) is 0 Å². The summed E-state index contributed by atoms with van der Waals surface area (Å²) < 4.78 is 11.6. The van der Waals surface area contributed by atoms with E-state index in [1.54, 1.807) is 0 Å². The number of allylic oxidation sites excluding steroid dienone is 2. The molecule has 0 aromatic rings. The van der Waals surface area contributed by atoms with E-state index in [2.05, 4.69) is 26.0 Å². The molecule has 8 atom stereocenters. The minimum Gasteiger partial charge on any atom is -0.462 e. The van der Waals surface area contributed by atoms with Crippen LogP contribution in [0, 0.1) is 23.2 Å². The molecule has 32 heavy (non-hydrogen) atoms. The first-order chi connectivity index (χ1) is 15.2. The molecule has 6 heteroatoms. The summed E-state index contributed by atoms with van der Waals surface area (Å²) >= 11 is 0. The molecule has 2 aliphatic carbocycles. The fourth-order valence-electron chi connectivity index (χ4n) is 5.66. The molecule has 3 aliphatic rings. The molecule has 3 rings (SSSR count). The zero-order valence-electron chi connectivity index (χ0n) is 20.0. The summed E-state index contributed by atoms with van der Waals surface area (Å²) in [6.07, 6.45) is 8.99. The molecule has 2 N–H and O–H groups in total. The third-order valence-electron chi connectivity index (χ3n) is 7.76. The smallest absolute Gasteiger partial charge is 0.312 e. The number of hydrogen-bond donors (Lipinski definition) is 2. The Hall–Kier alpha value is -1.66. The lowest BCUT2D eigenvalue weighted by molar-refractivity contribution is -0.168. The summed E-state index contributed by atoms with van der Waals surface area (Å²) in [5.41, 5.74) is 0.512. The number of rotatable bonds is 8. The van der Waals surface area contributed by atoms with Crippen molar-refractivity contribution in [1.29, 1.82) is 0 Å². The van der Waals surface area contributed by atoms with E-state index < -0.39 is 17.6 Å². The van der Waals surface area contributed by atoms with Gasteiger partial charge in [0.05, 0.1) is 24.0 Å². The molecular formula is C26H40O6. The van der Waals surface area contributed by atoms with Crippen LogP contribution in [-0.2, 0) is 19.1 Å². The van der Waals surface area contributed by atoms with Crippen molar-refractivity contribution >= 4 is 11.9 Å². The minimum absolute atomic E-state index is 0.00861. The number of cyclic esters (lactones) is 1. The van der Waals surface area contributed by atoms with Crippen LogP contribution >= 0.6 is 0 Å². The van der Waals surface area contributed by atoms with E-state index in [1.165, 1.54) is 0 Å². The van der Waals surface area contributed by atoms with Gasteiger partial charge in [0.25, 0.3) is 0 Å². The molecule has 1 aliphatic heterocycles. The molecule has 180 valence electrons. The first-order valence-electron chi connectivity index (χ1n) is 12.3. The zero-order valence-corrected chi connectivity index (χ0v) is 20.0. The highest BCUT2D eigenvalue weighted by atomic mass is 16.6. The molecule has 0 aromatic heterocycles. The van der Waals surface area contributed by atoms with Crippen LogP contribution in [-0.4, -0.2) is 46.6 Å². The van der Waals surface area contributed by atoms with Crippen LogP contribution in [0.4, 0.5) is 0 Å². The number of fused-ring (bicyclic) bond motifs is 1. The van der Waals surface area contributed by atoms with Gasteiger partial charge in [0, 0.05) is 18.8 Å². The topological polar surface area (TPSA) is 93.1 Å². The summed E-state index contributed by atoms with van der Waals surface area (Å²) in [4.78, 5) is 24.9. The average molecular weight is 449 g/mol. The van der Waals surface area contributed by atoms with Gasteiger partial charge in [-0.05, 0) is 50.0 Å². The number of aliphatic hydroxyl groups excluding tert-OH is 2. The Balaban J connectivity index is 1.77. The van der Waals surface area contributed by atoms with E-state index in [1.807, 2.05) is 19.9 Å². The maximum Gasteiger partial charge on any atom is 0.312 e. The van der Waals surface area contributed by atoms with Gasteiger partial charge in [-0.3, -0.25) is 9.59 Å². The van der Waals surface area contributed by atoms with E-state index in [0.717, 1.165) is 31.3 Å². The van der Waals surface area contributed by atoms with Crippen LogP contribution < -0.4 is 0 Å². The molecule has 0 aromatic carbocycles. The van der Waals surface area contributed by atoms with Crippen LogP contribution in [0.15, 0.2) is 23.8 Å². The van der Waals surface area contributed by atoms with Gasteiger partial charge in [-0.25, -0.2) is 0 Å². The molecule has 0 radical (unpaired) electrons. The first kappa shape index (κ1) is 25.0. The Morgan fingerprint density at radius 1 is 1.25 bits per heavy atom. The Kier molecular flexibility index (Phi) is 8.21. The second-order valence-corrected chi connectivity index (χ2v) is 10.3. The van der Waals surface area contributed by atoms with Crippen molar-refractivity contribution in [2.24, 2.45) is 23.2 Å². The summed E-state index contributed by atoms with van der Waals surface area (Å²) in [6.45, 7) is 8.23. The molecule has 0 bridgehead atoms. The molecule has 1 saturated heterocycles. The van der Waals surface area contributed by atoms with E-state index in [0.29, 0.717) is 19.3 Å². The summed E-state index contributed by atoms with van der Waals surface area (Å²) in [5, 5.41) is 20.4. The van der Waals surface area contributed by atoms with Gasteiger partial charge < -0.3 is 19.7 Å². The van der Waals surface area contributed by atoms with Crippen LogP contribution in [0.5, 0.6) is 0 Å². The highest BCUT2D eigenvalue weighted by Crippen LogP contribution is 2.45. The lowest BCUT2D eigenvalue weighted by atomic mass is 9.66. The highest BCUT2D eigenvalue weighted by Gasteiger charge is 2.44. The van der Waals surface area contributed by atoms with Crippen LogP contribution in [0.1, 0.15) is 79.1 Å². The van der Waals surface area contributed by atoms with Crippen molar-refractivity contribution in [2.45, 2.75) is 103 Å². The van der Waals surface area contributed by atoms with E-state index >= 15 is 0 Å². The van der Waals surface area contributed by atoms with Crippen molar-refractivity contribution in [2.75, 3.05) is 0 Å². The highest BCUT2D eigenvalue weighted by molar-refractivity contribution is 5.76. The molecule has 1 heterocycles. The predicted octanol–water partition coefficient (Wildman–Crippen LogP) is 4.09. The molecular weight excluding hydrogens is 408 g/mol. The van der Waals surface area contributed by atoms with Crippen molar-refractivity contribution in [3.8, 4) is 0 Å². The normalized spacial score (nSPS) is 36.5. The second kappa shape index (κ2) is 10.5. The predicted molar refractivity (Wildman–Crippen MR) is 122 cm³/mol. The standard InChI is InChI=1S/C26H40O6/c1-5-11-26(4,6-2)25(30)32-22-14-18(27)12-17-8-7-16(3)21(24(17)22)10-9-20-13-19(28)15-23(29)31-20/h7-8,12,16,18-22,24,27-28H,5-6,9-11,13-15H2,1-4H3/t16-,18+,19+,20+,21-,22-,24?,26?/m0/s1. The average Bonchev–Trinajstić information content (AvgIpc) is 2.72. The van der Waals surface area contributed by atoms with E-state index in [-0.39, 0.29) is 48.3 Å². The Morgan fingerprint density at radius 3 is 2.66 bits per heavy atom. The number of hydrogen-bond acceptors (Lipinski definition) is 6. The van der Waals surface area contributed by atoms with Gasteiger partial charge >= 0.3 is 11.9 Å². The van der Waals surface area contributed by atoms with Crippen LogP contribution in [0.3, 0.4) is 0 Å². The van der Waals surface area contributed by atoms with Crippen LogP contribution in [0.25, 0.3) is 0 Å². The largest absolute Gasteiger partial charge is 0.462 e. The third kappa shape index (κ3) is 5.63. The number of carbonyl (C=O) groups is 2. The quantitative estimate of drug-likeness (QED) is 0.543. The minimum atomic E-state index is -0.635. The van der Waals surface area contributed by atoms with Crippen molar-refractivity contribution in [3.05, 3.63) is 23.8 Å². The molecule has 2 unspecified atom stereocenters. The number of carbonyl (C=O) groups excluding carboxylic acids is 2. The van der Waals surface area contributed by atoms with E-state index in [9.17, 15) is 19.8 Å². The second-order valence-electron chi connectivity index (χ2n) is 10.3. The SMILES string of the molecule is CCCC(C)(CC)C(=O)O[C@H]1C[C@H](O)C=C2C=C[C@H](C)[C@H](CC[C@@H]3C[C@@H](O)CC(=O)O3)C21. The number of esters is 2. The lowest BCUT2D eigenvalue weighted by Crippen LogP contribution is -2.44. The molecule has 6 nitrogen and oxygen atoms in total. The zero-order chi connectivity index (χ0) is 23.5. The Labute approximate surface area is 192 Å². The van der Waals surface area contributed by atoms with E-state index in [4.69, 9.17) is 9.47 Å². The van der Waals surface area contributed by atoms with Gasteiger partial charge in [-0.15, -0.1) is 0 Å². The maximum absolute atomic E-state index is 13.2. The summed E-state index contributed by atoms with van der Waals surface area (Å²) in [7, 11) is 0. The lowest BCUT2D eigenvalue weighted by Gasteiger charge is -2.44.